The van der Waals surface area contributed by atoms with Crippen molar-refractivity contribution in [2.24, 2.45) is 0 Å². The van der Waals surface area contributed by atoms with Gasteiger partial charge in [-0.1, -0.05) is 0 Å². The maximum absolute atomic E-state index is 13.5. The van der Waals surface area contributed by atoms with Crippen LogP contribution in [0.4, 0.5) is 10.1 Å². The van der Waals surface area contributed by atoms with Gasteiger partial charge in [0.1, 0.15) is 5.82 Å². The van der Waals surface area contributed by atoms with E-state index in [1.165, 1.54) is 12.1 Å². The molecule has 0 aromatic heterocycles. The van der Waals surface area contributed by atoms with Gasteiger partial charge in [-0.25, -0.2) is 4.39 Å². The number of hydrogen-bond acceptors (Lipinski definition) is 3. The van der Waals surface area contributed by atoms with Gasteiger partial charge in [0, 0.05) is 12.2 Å². The van der Waals surface area contributed by atoms with Gasteiger partial charge in [0.25, 0.3) is 0 Å². The molecule has 1 saturated heterocycles. The third-order valence-electron chi connectivity index (χ3n) is 3.83. The van der Waals surface area contributed by atoms with E-state index >= 15 is 0 Å². The molecule has 2 unspecified atom stereocenters. The van der Waals surface area contributed by atoms with Crippen LogP contribution in [0.25, 0.3) is 0 Å². The first-order valence-corrected chi connectivity index (χ1v) is 6.37. The molecule has 1 heterocycles. The van der Waals surface area contributed by atoms with Crippen LogP contribution in [0, 0.1) is 17.1 Å². The number of ether oxygens (including phenoxy) is 1. The van der Waals surface area contributed by atoms with Gasteiger partial charge in [-0.2, -0.15) is 5.26 Å². The summed E-state index contributed by atoms with van der Waals surface area (Å²) in [5.74, 6) is -0.343. The first kappa shape index (κ1) is 11.5. The Morgan fingerprint density at radius 3 is 3.06 bits per heavy atom. The van der Waals surface area contributed by atoms with Gasteiger partial charge < -0.3 is 9.64 Å². The summed E-state index contributed by atoms with van der Waals surface area (Å²) in [5.41, 5.74) is 1.19. The minimum atomic E-state index is -0.343. The zero-order valence-corrected chi connectivity index (χ0v) is 10.1. The second-order valence-corrected chi connectivity index (χ2v) is 4.91. The summed E-state index contributed by atoms with van der Waals surface area (Å²) in [5, 5.41) is 8.91. The quantitative estimate of drug-likeness (QED) is 0.763. The Balaban J connectivity index is 1.94. The van der Waals surface area contributed by atoms with Gasteiger partial charge in [-0.3, -0.25) is 0 Å². The molecule has 0 N–H and O–H groups in total. The van der Waals surface area contributed by atoms with Crippen LogP contribution in [-0.4, -0.2) is 25.3 Å². The summed E-state index contributed by atoms with van der Waals surface area (Å²) >= 11 is 0. The van der Waals surface area contributed by atoms with E-state index in [4.69, 9.17) is 10.00 Å². The smallest absolute Gasteiger partial charge is 0.126 e. The van der Waals surface area contributed by atoms with E-state index in [0.29, 0.717) is 18.2 Å². The van der Waals surface area contributed by atoms with Crippen molar-refractivity contribution in [3.05, 3.63) is 29.6 Å². The van der Waals surface area contributed by atoms with Crippen molar-refractivity contribution < 1.29 is 9.13 Å². The molecule has 2 fully saturated rings. The molecule has 3 nitrogen and oxygen atoms in total. The van der Waals surface area contributed by atoms with Gasteiger partial charge in [0.2, 0.25) is 0 Å². The molecule has 0 amide bonds. The Labute approximate surface area is 106 Å². The van der Waals surface area contributed by atoms with Crippen molar-refractivity contribution in [3.63, 3.8) is 0 Å². The van der Waals surface area contributed by atoms with Crippen LogP contribution in [0.5, 0.6) is 0 Å². The molecular weight excluding hydrogens is 231 g/mol. The highest BCUT2D eigenvalue weighted by atomic mass is 19.1. The van der Waals surface area contributed by atoms with E-state index in [9.17, 15) is 4.39 Å². The number of nitriles is 1. The Bertz CT molecular complexity index is 497. The lowest BCUT2D eigenvalue weighted by Crippen LogP contribution is -2.48. The first-order valence-electron chi connectivity index (χ1n) is 6.37. The molecule has 1 saturated carbocycles. The molecule has 2 aliphatic rings. The highest BCUT2D eigenvalue weighted by molar-refractivity contribution is 5.53. The van der Waals surface area contributed by atoms with E-state index < -0.39 is 0 Å². The first-order chi connectivity index (χ1) is 8.78. The predicted molar refractivity (Wildman–Crippen MR) is 65.8 cm³/mol. The second-order valence-electron chi connectivity index (χ2n) is 4.91. The van der Waals surface area contributed by atoms with E-state index in [2.05, 4.69) is 4.90 Å². The zero-order chi connectivity index (χ0) is 12.5. The number of fused-ring (bicyclic) bond motifs is 1. The number of benzene rings is 1. The molecule has 1 aromatic carbocycles. The molecule has 0 bridgehead atoms. The minimum absolute atomic E-state index is 0.271. The number of anilines is 1. The van der Waals surface area contributed by atoms with Gasteiger partial charge >= 0.3 is 0 Å². The van der Waals surface area contributed by atoms with E-state index in [1.54, 1.807) is 6.07 Å². The Hall–Kier alpha value is -1.60. The van der Waals surface area contributed by atoms with Crippen molar-refractivity contribution in [3.8, 4) is 6.07 Å². The third-order valence-corrected chi connectivity index (χ3v) is 3.83. The van der Waals surface area contributed by atoms with Crippen LogP contribution in [0.1, 0.15) is 24.8 Å². The van der Waals surface area contributed by atoms with Crippen LogP contribution in [-0.2, 0) is 4.74 Å². The van der Waals surface area contributed by atoms with Crippen molar-refractivity contribution in [2.75, 3.05) is 18.1 Å². The van der Waals surface area contributed by atoms with Crippen LogP contribution in [0.2, 0.25) is 0 Å². The Morgan fingerprint density at radius 1 is 1.33 bits per heavy atom. The van der Waals surface area contributed by atoms with E-state index in [-0.39, 0.29) is 11.9 Å². The monoisotopic (exact) mass is 246 g/mol. The molecule has 1 aliphatic carbocycles. The molecule has 1 aliphatic heterocycles. The molecule has 2 atom stereocenters. The zero-order valence-electron chi connectivity index (χ0n) is 10.1. The van der Waals surface area contributed by atoms with Crippen LogP contribution < -0.4 is 4.90 Å². The number of morpholine rings is 1. The average Bonchev–Trinajstić information content (AvgIpc) is 2.85. The fourth-order valence-electron chi connectivity index (χ4n) is 3.05. The average molecular weight is 246 g/mol. The summed E-state index contributed by atoms with van der Waals surface area (Å²) in [6, 6.07) is 6.91. The van der Waals surface area contributed by atoms with Gasteiger partial charge in [-0.05, 0) is 37.5 Å². The lowest BCUT2D eigenvalue weighted by Gasteiger charge is -2.39. The summed E-state index contributed by atoms with van der Waals surface area (Å²) in [6.45, 7) is 1.45. The molecular formula is C14H15FN2O. The largest absolute Gasteiger partial charge is 0.374 e. The van der Waals surface area contributed by atoms with Crippen molar-refractivity contribution in [2.45, 2.75) is 31.4 Å². The van der Waals surface area contributed by atoms with Crippen molar-refractivity contribution >= 4 is 5.69 Å². The van der Waals surface area contributed by atoms with Crippen LogP contribution in [0.3, 0.4) is 0 Å². The highest BCUT2D eigenvalue weighted by Crippen LogP contribution is 2.33. The fourth-order valence-corrected chi connectivity index (χ4v) is 3.05. The van der Waals surface area contributed by atoms with Crippen LogP contribution in [0.15, 0.2) is 18.2 Å². The molecule has 4 heteroatoms. The predicted octanol–water partition coefficient (Wildman–Crippen LogP) is 2.46. The summed E-state index contributed by atoms with van der Waals surface area (Å²) in [6.07, 6.45) is 3.60. The SMILES string of the molecule is N#Cc1cc(F)cc(N2CCOC3CCCC32)c1. The van der Waals surface area contributed by atoms with Gasteiger partial charge in [-0.15, -0.1) is 0 Å². The molecule has 3 rings (SSSR count). The van der Waals surface area contributed by atoms with Crippen LogP contribution >= 0.6 is 0 Å². The fraction of sp³-hybridized carbons (Fsp3) is 0.500. The second kappa shape index (κ2) is 4.58. The number of rotatable bonds is 1. The van der Waals surface area contributed by atoms with Crippen molar-refractivity contribution in [1.82, 2.24) is 0 Å². The van der Waals surface area contributed by atoms with E-state index in [0.717, 1.165) is 31.5 Å². The molecule has 0 spiro atoms. The number of nitrogens with zero attached hydrogens (tertiary/aromatic N) is 2. The summed E-state index contributed by atoms with van der Waals surface area (Å²) in [7, 11) is 0. The lowest BCUT2D eigenvalue weighted by atomic mass is 10.1. The van der Waals surface area contributed by atoms with Gasteiger partial charge in [0.05, 0.1) is 30.4 Å². The van der Waals surface area contributed by atoms with Gasteiger partial charge in [0.15, 0.2) is 0 Å². The van der Waals surface area contributed by atoms with Crippen molar-refractivity contribution in [1.29, 1.82) is 5.26 Å². The third kappa shape index (κ3) is 1.95. The maximum atomic E-state index is 13.5. The molecule has 0 radical (unpaired) electrons. The number of halogens is 1. The standard InChI is InChI=1S/C14H15FN2O/c15-11-6-10(9-16)7-12(8-11)17-4-5-18-14-3-1-2-13(14)17/h6-8,13-14H,1-5H2. The maximum Gasteiger partial charge on any atom is 0.126 e. The number of hydrogen-bond donors (Lipinski definition) is 0. The molecule has 1 aromatic rings. The highest BCUT2D eigenvalue weighted by Gasteiger charge is 2.36. The molecule has 18 heavy (non-hydrogen) atoms. The summed E-state index contributed by atoms with van der Waals surface area (Å²) in [4.78, 5) is 2.20. The normalized spacial score (nSPS) is 26.8. The minimum Gasteiger partial charge on any atom is -0.374 e. The lowest BCUT2D eigenvalue weighted by molar-refractivity contribution is 0.0256. The molecule has 94 valence electrons. The Kier molecular flexibility index (Phi) is 2.92. The van der Waals surface area contributed by atoms with E-state index in [1.807, 2.05) is 6.07 Å². The summed E-state index contributed by atoms with van der Waals surface area (Å²) < 4.78 is 19.2. The Morgan fingerprint density at radius 2 is 2.22 bits per heavy atom. The topological polar surface area (TPSA) is 36.3 Å².